The highest BCUT2D eigenvalue weighted by atomic mass is 16.5. The largest absolute Gasteiger partial charge is 0.491 e. The Kier molecular flexibility index (Phi) is 11.4. The number of carboxylic acid groups (broad SMARTS) is 1. The second-order valence-corrected chi connectivity index (χ2v) is 8.97. The van der Waals surface area contributed by atoms with Crippen molar-refractivity contribution in [2.24, 2.45) is 0 Å². The van der Waals surface area contributed by atoms with Crippen molar-refractivity contribution in [2.45, 2.75) is 33.5 Å². The van der Waals surface area contributed by atoms with Crippen LogP contribution >= 0.6 is 0 Å². The number of aryl methyl sites for hydroxylation is 1. The summed E-state index contributed by atoms with van der Waals surface area (Å²) < 4.78 is 21.8. The Hall–Kier alpha value is -3.65. The molecule has 4 rings (SSSR count). The average molecular weight is 520 g/mol. The van der Waals surface area contributed by atoms with E-state index in [9.17, 15) is 9.90 Å². The van der Waals surface area contributed by atoms with Gasteiger partial charge in [0, 0.05) is 31.3 Å². The summed E-state index contributed by atoms with van der Waals surface area (Å²) in [6, 6.07) is 19.4. The first-order valence-electron chi connectivity index (χ1n) is 12.6. The van der Waals surface area contributed by atoms with Crippen molar-refractivity contribution in [3.63, 3.8) is 0 Å². The van der Waals surface area contributed by atoms with E-state index in [1.54, 1.807) is 26.2 Å². The minimum Gasteiger partial charge on any atom is -0.491 e. The van der Waals surface area contributed by atoms with Crippen molar-refractivity contribution in [3.05, 3.63) is 101 Å². The predicted molar refractivity (Wildman–Crippen MR) is 149 cm³/mol. The van der Waals surface area contributed by atoms with Crippen LogP contribution in [-0.4, -0.2) is 44.6 Å². The van der Waals surface area contributed by atoms with E-state index in [4.69, 9.17) is 18.9 Å². The quantitative estimate of drug-likeness (QED) is 0.300. The Labute approximate surface area is 225 Å². The molecule has 1 heterocycles. The number of hydrogen-bond acceptors (Lipinski definition) is 6. The lowest BCUT2D eigenvalue weighted by Gasteiger charge is -2.14. The van der Waals surface area contributed by atoms with E-state index in [1.807, 2.05) is 49.4 Å². The standard InChI is InChI=1S/C18H18O3.C13H19NO3/c1-12(2)15-10-16(18(19)20)13(3)9-17(15)21-11-14-7-5-4-6-8-14;1-15-5-6-16-7-8-17-13-4-2-3-11-9-14-10-12(11)13/h4-10H,1,11H2,2-3H3,(H,19,20);2-4,14H,5-10H2,1H3. The average Bonchev–Trinajstić information content (AvgIpc) is 3.40. The van der Waals surface area contributed by atoms with Gasteiger partial charge in [-0.3, -0.25) is 0 Å². The Morgan fingerprint density at radius 2 is 1.68 bits per heavy atom. The molecule has 0 atom stereocenters. The van der Waals surface area contributed by atoms with Gasteiger partial charge in [0.05, 0.1) is 25.4 Å². The van der Waals surface area contributed by atoms with Crippen LogP contribution < -0.4 is 14.8 Å². The molecule has 0 saturated carbocycles. The molecule has 3 aromatic carbocycles. The van der Waals surface area contributed by atoms with Crippen LogP contribution in [0, 0.1) is 6.92 Å². The van der Waals surface area contributed by atoms with Gasteiger partial charge in [-0.25, -0.2) is 4.79 Å². The maximum absolute atomic E-state index is 11.2. The van der Waals surface area contributed by atoms with Crippen LogP contribution in [-0.2, 0) is 29.2 Å². The van der Waals surface area contributed by atoms with Gasteiger partial charge in [0.2, 0.25) is 0 Å². The lowest BCUT2D eigenvalue weighted by molar-refractivity contribution is 0.0543. The summed E-state index contributed by atoms with van der Waals surface area (Å²) in [6.07, 6.45) is 0. The molecule has 0 unspecified atom stereocenters. The van der Waals surface area contributed by atoms with E-state index in [2.05, 4.69) is 18.0 Å². The number of fused-ring (bicyclic) bond motifs is 1. The zero-order valence-corrected chi connectivity index (χ0v) is 22.4. The fourth-order valence-electron chi connectivity index (χ4n) is 3.99. The first kappa shape index (κ1) is 28.9. The molecular formula is C31H37NO6. The summed E-state index contributed by atoms with van der Waals surface area (Å²) in [5.74, 6) is 0.696. The number of benzene rings is 3. The lowest BCUT2D eigenvalue weighted by atomic mass is 10.00. The summed E-state index contributed by atoms with van der Waals surface area (Å²) in [5.41, 5.74) is 6.14. The number of allylic oxidation sites excluding steroid dienone is 1. The number of methoxy groups -OCH3 is 1. The molecule has 2 N–H and O–H groups in total. The number of hydrogen-bond donors (Lipinski definition) is 2. The molecule has 0 aliphatic carbocycles. The molecule has 0 aromatic heterocycles. The third-order valence-corrected chi connectivity index (χ3v) is 6.02. The van der Waals surface area contributed by atoms with Gasteiger partial charge in [0.1, 0.15) is 24.7 Å². The molecule has 3 aromatic rings. The van der Waals surface area contributed by atoms with Crippen LogP contribution in [0.3, 0.4) is 0 Å². The molecule has 202 valence electrons. The molecule has 1 aliphatic rings. The van der Waals surface area contributed by atoms with Gasteiger partial charge in [0.15, 0.2) is 0 Å². The smallest absolute Gasteiger partial charge is 0.335 e. The lowest BCUT2D eigenvalue weighted by Crippen LogP contribution is -2.10. The van der Waals surface area contributed by atoms with Gasteiger partial charge in [-0.05, 0) is 54.3 Å². The van der Waals surface area contributed by atoms with Crippen molar-refractivity contribution >= 4 is 11.5 Å². The Morgan fingerprint density at radius 3 is 2.39 bits per heavy atom. The first-order valence-corrected chi connectivity index (χ1v) is 12.6. The Morgan fingerprint density at radius 1 is 0.921 bits per heavy atom. The van der Waals surface area contributed by atoms with Crippen LogP contribution in [0.15, 0.2) is 67.2 Å². The maximum Gasteiger partial charge on any atom is 0.335 e. The van der Waals surface area contributed by atoms with Crippen molar-refractivity contribution in [2.75, 3.05) is 33.5 Å². The number of ether oxygens (including phenoxy) is 4. The van der Waals surface area contributed by atoms with Crippen LogP contribution in [0.2, 0.25) is 0 Å². The van der Waals surface area contributed by atoms with E-state index in [-0.39, 0.29) is 5.56 Å². The monoisotopic (exact) mass is 519 g/mol. The second kappa shape index (κ2) is 14.9. The number of nitrogens with one attached hydrogen (secondary N) is 1. The molecule has 7 heteroatoms. The number of rotatable bonds is 12. The fourth-order valence-corrected chi connectivity index (χ4v) is 3.99. The van der Waals surface area contributed by atoms with Crippen molar-refractivity contribution in [1.82, 2.24) is 5.32 Å². The fraction of sp³-hybridized carbons (Fsp3) is 0.323. The summed E-state index contributed by atoms with van der Waals surface area (Å²) in [5, 5.41) is 12.5. The van der Waals surface area contributed by atoms with Gasteiger partial charge in [-0.2, -0.15) is 0 Å². The van der Waals surface area contributed by atoms with Crippen LogP contribution in [0.4, 0.5) is 0 Å². The van der Waals surface area contributed by atoms with Crippen LogP contribution in [0.5, 0.6) is 11.5 Å². The van der Waals surface area contributed by atoms with Gasteiger partial charge >= 0.3 is 5.97 Å². The minimum atomic E-state index is -0.940. The highest BCUT2D eigenvalue weighted by molar-refractivity contribution is 5.91. The number of aromatic carboxylic acids is 1. The van der Waals surface area contributed by atoms with Crippen molar-refractivity contribution < 1.29 is 28.8 Å². The highest BCUT2D eigenvalue weighted by Gasteiger charge is 2.15. The van der Waals surface area contributed by atoms with Gasteiger partial charge in [0.25, 0.3) is 0 Å². The normalized spacial score (nSPS) is 11.8. The van der Waals surface area contributed by atoms with Gasteiger partial charge in [-0.15, -0.1) is 0 Å². The molecular weight excluding hydrogens is 482 g/mol. The van der Waals surface area contributed by atoms with E-state index < -0.39 is 5.97 Å². The van der Waals surface area contributed by atoms with E-state index >= 15 is 0 Å². The van der Waals surface area contributed by atoms with Gasteiger partial charge in [-0.1, -0.05) is 49.0 Å². The zero-order valence-electron chi connectivity index (χ0n) is 22.4. The summed E-state index contributed by atoms with van der Waals surface area (Å²) >= 11 is 0. The molecule has 0 spiro atoms. The molecule has 0 bridgehead atoms. The maximum atomic E-state index is 11.2. The predicted octanol–water partition coefficient (Wildman–Crippen LogP) is 5.64. The molecule has 0 fully saturated rings. The first-order chi connectivity index (χ1) is 18.4. The summed E-state index contributed by atoms with van der Waals surface area (Å²) in [7, 11) is 1.67. The molecule has 1 aliphatic heterocycles. The van der Waals surface area contributed by atoms with E-state index in [1.165, 1.54) is 11.1 Å². The second-order valence-electron chi connectivity index (χ2n) is 8.97. The van der Waals surface area contributed by atoms with E-state index in [0.717, 1.165) is 35.5 Å². The summed E-state index contributed by atoms with van der Waals surface area (Å²) in [4.78, 5) is 11.2. The molecule has 0 radical (unpaired) electrons. The Balaban J connectivity index is 0.000000215. The van der Waals surface area contributed by atoms with Crippen molar-refractivity contribution in [1.29, 1.82) is 0 Å². The van der Waals surface area contributed by atoms with E-state index in [0.29, 0.717) is 44.3 Å². The summed E-state index contributed by atoms with van der Waals surface area (Å²) in [6.45, 7) is 12.2. The molecule has 7 nitrogen and oxygen atoms in total. The topological polar surface area (TPSA) is 86.3 Å². The third-order valence-electron chi connectivity index (χ3n) is 6.02. The Bertz CT molecular complexity index is 1210. The highest BCUT2D eigenvalue weighted by Crippen LogP contribution is 2.29. The minimum absolute atomic E-state index is 0.278. The van der Waals surface area contributed by atoms with Crippen molar-refractivity contribution in [3.8, 4) is 11.5 Å². The zero-order chi connectivity index (χ0) is 27.3. The molecule has 0 saturated heterocycles. The van der Waals surface area contributed by atoms with Crippen LogP contribution in [0.1, 0.15) is 45.1 Å². The SMILES string of the molecule is C=C(C)c1cc(C(=O)O)c(C)cc1OCc1ccccc1.COCCOCCOc1cccc2c1CNC2. The van der Waals surface area contributed by atoms with Gasteiger partial charge < -0.3 is 29.4 Å². The van der Waals surface area contributed by atoms with Crippen LogP contribution in [0.25, 0.3) is 5.57 Å². The molecule has 0 amide bonds. The number of carbonyl (C=O) groups is 1. The number of carboxylic acids is 1. The molecule has 38 heavy (non-hydrogen) atoms. The third kappa shape index (κ3) is 8.45.